The van der Waals surface area contributed by atoms with Crippen molar-refractivity contribution in [1.82, 2.24) is 4.98 Å². The molecule has 86 valence electrons. The first-order valence-corrected chi connectivity index (χ1v) is 5.68. The maximum absolute atomic E-state index is 5.94. The number of hydrogen-bond donors (Lipinski definition) is 1. The summed E-state index contributed by atoms with van der Waals surface area (Å²) in [6, 6.07) is 3.46. The molecule has 0 unspecified atom stereocenters. The predicted molar refractivity (Wildman–Crippen MR) is 66.7 cm³/mol. The summed E-state index contributed by atoms with van der Waals surface area (Å²) in [6.07, 6.45) is 0.961. The molecule has 1 aromatic heterocycles. The van der Waals surface area contributed by atoms with Crippen LogP contribution in [0.2, 0.25) is 5.02 Å². The number of nitrogens with two attached hydrogens (primary N) is 1. The Balaban J connectivity index is 2.61. The van der Waals surface area contributed by atoms with Gasteiger partial charge in [0.2, 0.25) is 5.89 Å². The Morgan fingerprint density at radius 2 is 2.12 bits per heavy atom. The van der Waals surface area contributed by atoms with E-state index in [-0.39, 0.29) is 5.41 Å². The van der Waals surface area contributed by atoms with Crippen molar-refractivity contribution in [2.24, 2.45) is 0 Å². The molecule has 1 aromatic carbocycles. The van der Waals surface area contributed by atoms with Crippen molar-refractivity contribution in [1.29, 1.82) is 0 Å². The molecule has 1 heterocycles. The summed E-state index contributed by atoms with van der Waals surface area (Å²) in [4.78, 5) is 4.45. The van der Waals surface area contributed by atoms with Crippen molar-refractivity contribution >= 4 is 28.4 Å². The van der Waals surface area contributed by atoms with E-state index in [1.54, 1.807) is 12.1 Å². The Morgan fingerprint density at radius 1 is 1.44 bits per heavy atom. The molecule has 0 aliphatic heterocycles. The maximum Gasteiger partial charge on any atom is 0.201 e. The lowest BCUT2D eigenvalue weighted by Gasteiger charge is -2.16. The number of halogens is 1. The van der Waals surface area contributed by atoms with Gasteiger partial charge in [-0.15, -0.1) is 0 Å². The van der Waals surface area contributed by atoms with Gasteiger partial charge < -0.3 is 10.2 Å². The standard InChI is InChI=1S/C12H15ClN2O/c1-4-12(2,3)11-15-9-5-7(13)8(14)6-10(9)16-11/h5-6H,4,14H2,1-3H3. The van der Waals surface area contributed by atoms with Crippen LogP contribution in [0.15, 0.2) is 16.5 Å². The second kappa shape index (κ2) is 3.67. The van der Waals surface area contributed by atoms with Crippen molar-refractivity contribution in [3.05, 3.63) is 23.0 Å². The summed E-state index contributed by atoms with van der Waals surface area (Å²) in [7, 11) is 0. The number of nitrogen functional groups attached to an aromatic ring is 1. The van der Waals surface area contributed by atoms with E-state index in [1.807, 2.05) is 0 Å². The lowest BCUT2D eigenvalue weighted by molar-refractivity contribution is 0.374. The minimum atomic E-state index is -0.0692. The summed E-state index contributed by atoms with van der Waals surface area (Å²) in [5.74, 6) is 0.728. The van der Waals surface area contributed by atoms with E-state index >= 15 is 0 Å². The highest BCUT2D eigenvalue weighted by Crippen LogP contribution is 2.32. The number of fused-ring (bicyclic) bond motifs is 1. The van der Waals surface area contributed by atoms with E-state index in [9.17, 15) is 0 Å². The van der Waals surface area contributed by atoms with Gasteiger partial charge in [-0.25, -0.2) is 4.98 Å². The number of nitrogens with zero attached hydrogens (tertiary/aromatic N) is 1. The van der Waals surface area contributed by atoms with Crippen LogP contribution in [0.5, 0.6) is 0 Å². The zero-order chi connectivity index (χ0) is 11.9. The Morgan fingerprint density at radius 3 is 2.75 bits per heavy atom. The fraction of sp³-hybridized carbons (Fsp3) is 0.417. The SMILES string of the molecule is CCC(C)(C)c1nc2cc(Cl)c(N)cc2o1. The number of aromatic nitrogens is 1. The van der Waals surface area contributed by atoms with E-state index in [2.05, 4.69) is 25.8 Å². The van der Waals surface area contributed by atoms with Gasteiger partial charge in [0.15, 0.2) is 5.58 Å². The van der Waals surface area contributed by atoms with E-state index in [1.165, 1.54) is 0 Å². The van der Waals surface area contributed by atoms with Crippen molar-refractivity contribution in [3.8, 4) is 0 Å². The molecular formula is C12H15ClN2O. The maximum atomic E-state index is 5.94. The Kier molecular flexibility index (Phi) is 2.58. The molecule has 0 atom stereocenters. The van der Waals surface area contributed by atoms with Crippen molar-refractivity contribution in [2.45, 2.75) is 32.6 Å². The van der Waals surface area contributed by atoms with Crippen LogP contribution in [0.1, 0.15) is 33.1 Å². The highest BCUT2D eigenvalue weighted by Gasteiger charge is 2.24. The number of anilines is 1. The third-order valence-electron chi connectivity index (χ3n) is 2.97. The van der Waals surface area contributed by atoms with Crippen LogP contribution >= 0.6 is 11.6 Å². The Bertz CT molecular complexity index is 492. The van der Waals surface area contributed by atoms with Gasteiger partial charge in [0.1, 0.15) is 5.52 Å². The molecule has 4 heteroatoms. The van der Waals surface area contributed by atoms with Gasteiger partial charge in [0, 0.05) is 11.5 Å². The monoisotopic (exact) mass is 238 g/mol. The molecule has 16 heavy (non-hydrogen) atoms. The minimum Gasteiger partial charge on any atom is -0.440 e. The smallest absolute Gasteiger partial charge is 0.201 e. The molecule has 2 aromatic rings. The van der Waals surface area contributed by atoms with E-state index in [0.29, 0.717) is 16.3 Å². The number of oxazole rings is 1. The molecule has 0 spiro atoms. The summed E-state index contributed by atoms with van der Waals surface area (Å²) < 4.78 is 5.71. The molecular weight excluding hydrogens is 224 g/mol. The van der Waals surface area contributed by atoms with Gasteiger partial charge in [-0.05, 0) is 12.5 Å². The Labute approximate surface area is 99.6 Å². The summed E-state index contributed by atoms with van der Waals surface area (Å²) in [5, 5.41) is 0.515. The lowest BCUT2D eigenvalue weighted by Crippen LogP contribution is -2.15. The average molecular weight is 239 g/mol. The molecule has 0 fully saturated rings. The van der Waals surface area contributed by atoms with E-state index in [0.717, 1.165) is 17.8 Å². The largest absolute Gasteiger partial charge is 0.440 e. The van der Waals surface area contributed by atoms with Gasteiger partial charge in [-0.2, -0.15) is 0 Å². The van der Waals surface area contributed by atoms with Crippen LogP contribution < -0.4 is 5.73 Å². The molecule has 0 radical (unpaired) electrons. The molecule has 0 aliphatic rings. The topological polar surface area (TPSA) is 52.0 Å². The van der Waals surface area contributed by atoms with Crippen LogP contribution in [-0.4, -0.2) is 4.98 Å². The third kappa shape index (κ3) is 1.76. The zero-order valence-corrected chi connectivity index (χ0v) is 10.4. The zero-order valence-electron chi connectivity index (χ0n) is 9.67. The molecule has 2 N–H and O–H groups in total. The van der Waals surface area contributed by atoms with E-state index in [4.69, 9.17) is 21.8 Å². The first-order chi connectivity index (χ1) is 7.44. The molecule has 0 saturated carbocycles. The second-order valence-corrected chi connectivity index (χ2v) is 5.01. The molecule has 0 aliphatic carbocycles. The fourth-order valence-electron chi connectivity index (χ4n) is 1.40. The third-order valence-corrected chi connectivity index (χ3v) is 3.30. The first-order valence-electron chi connectivity index (χ1n) is 5.30. The summed E-state index contributed by atoms with van der Waals surface area (Å²) in [6.45, 7) is 6.31. The molecule has 2 rings (SSSR count). The average Bonchev–Trinajstić information content (AvgIpc) is 2.62. The molecule has 3 nitrogen and oxygen atoms in total. The lowest BCUT2D eigenvalue weighted by atomic mass is 9.90. The number of rotatable bonds is 2. The van der Waals surface area contributed by atoms with Crippen LogP contribution in [0.3, 0.4) is 0 Å². The predicted octanol–water partition coefficient (Wildman–Crippen LogP) is 3.75. The van der Waals surface area contributed by atoms with Gasteiger partial charge in [-0.3, -0.25) is 0 Å². The number of hydrogen-bond acceptors (Lipinski definition) is 3. The van der Waals surface area contributed by atoms with Gasteiger partial charge >= 0.3 is 0 Å². The van der Waals surface area contributed by atoms with Crippen molar-refractivity contribution in [3.63, 3.8) is 0 Å². The first kappa shape index (κ1) is 11.3. The molecule has 0 saturated heterocycles. The fourth-order valence-corrected chi connectivity index (χ4v) is 1.56. The highest BCUT2D eigenvalue weighted by atomic mass is 35.5. The Hall–Kier alpha value is -1.22. The number of benzene rings is 1. The van der Waals surface area contributed by atoms with Gasteiger partial charge in [-0.1, -0.05) is 32.4 Å². The summed E-state index contributed by atoms with van der Waals surface area (Å²) in [5.41, 5.74) is 7.62. The van der Waals surface area contributed by atoms with Crippen LogP contribution in [0, 0.1) is 0 Å². The van der Waals surface area contributed by atoms with E-state index < -0.39 is 0 Å². The molecule has 0 bridgehead atoms. The van der Waals surface area contributed by atoms with Crippen LogP contribution in [-0.2, 0) is 5.41 Å². The van der Waals surface area contributed by atoms with Crippen molar-refractivity contribution in [2.75, 3.05) is 5.73 Å². The van der Waals surface area contributed by atoms with Crippen LogP contribution in [0.4, 0.5) is 5.69 Å². The molecule has 0 amide bonds. The quantitative estimate of drug-likeness (QED) is 0.811. The normalized spacial score (nSPS) is 12.2. The van der Waals surface area contributed by atoms with Crippen molar-refractivity contribution < 1.29 is 4.42 Å². The summed E-state index contributed by atoms with van der Waals surface area (Å²) >= 11 is 5.94. The van der Waals surface area contributed by atoms with Gasteiger partial charge in [0.25, 0.3) is 0 Å². The highest BCUT2D eigenvalue weighted by molar-refractivity contribution is 6.33. The van der Waals surface area contributed by atoms with Gasteiger partial charge in [0.05, 0.1) is 10.7 Å². The minimum absolute atomic E-state index is 0.0692. The second-order valence-electron chi connectivity index (χ2n) is 4.60. The van der Waals surface area contributed by atoms with Crippen LogP contribution in [0.25, 0.3) is 11.1 Å².